The van der Waals surface area contributed by atoms with Gasteiger partial charge < -0.3 is 10.1 Å². The van der Waals surface area contributed by atoms with E-state index in [1.54, 1.807) is 0 Å². The van der Waals surface area contributed by atoms with Crippen molar-refractivity contribution in [2.75, 3.05) is 13.1 Å². The van der Waals surface area contributed by atoms with Crippen LogP contribution >= 0.6 is 15.9 Å². The van der Waals surface area contributed by atoms with Crippen LogP contribution in [0.4, 0.5) is 13.2 Å². The largest absolute Gasteiger partial charge is 0.312 e. The van der Waals surface area contributed by atoms with Crippen molar-refractivity contribution < 1.29 is 18.0 Å². The molecule has 19 heavy (non-hydrogen) atoms. The van der Waals surface area contributed by atoms with Crippen LogP contribution in [0.25, 0.3) is 0 Å². The van der Waals surface area contributed by atoms with Crippen LogP contribution in [0.15, 0.2) is 22.7 Å². The van der Waals surface area contributed by atoms with E-state index in [1.165, 1.54) is 12.1 Å². The van der Waals surface area contributed by atoms with Crippen LogP contribution in [-0.2, 0) is 10.3 Å². The molecule has 0 spiro atoms. The van der Waals surface area contributed by atoms with E-state index in [0.29, 0.717) is 10.8 Å². The fourth-order valence-electron chi connectivity index (χ4n) is 2.21. The molecule has 2 rings (SSSR count). The lowest BCUT2D eigenvalue weighted by Gasteiger charge is -2.41. The highest BCUT2D eigenvalue weighted by atomic mass is 79.9. The van der Waals surface area contributed by atoms with Crippen molar-refractivity contribution >= 4 is 22.2 Å². The van der Waals surface area contributed by atoms with Gasteiger partial charge >= 0.3 is 0 Å². The van der Waals surface area contributed by atoms with Crippen molar-refractivity contribution in [2.24, 2.45) is 0 Å². The van der Waals surface area contributed by atoms with Gasteiger partial charge in [-0.25, -0.2) is 13.2 Å². The van der Waals surface area contributed by atoms with E-state index in [4.69, 9.17) is 0 Å². The standard InChI is InChI=1S/C12H12BrF3N2O/c13-7-1-2-10(14)9(3-7)12(11(15)16)6-17-4-8(5-19)18-12/h1-3,5,8,11,17-18H,4,6H2. The van der Waals surface area contributed by atoms with Crippen LogP contribution in [0.1, 0.15) is 5.56 Å². The summed E-state index contributed by atoms with van der Waals surface area (Å²) < 4.78 is 41.3. The lowest BCUT2D eigenvalue weighted by atomic mass is 9.87. The second-order valence-electron chi connectivity index (χ2n) is 4.41. The van der Waals surface area contributed by atoms with Crippen molar-refractivity contribution in [1.82, 2.24) is 10.6 Å². The van der Waals surface area contributed by atoms with E-state index in [-0.39, 0.29) is 18.7 Å². The lowest BCUT2D eigenvalue weighted by molar-refractivity contribution is -0.111. The average Bonchev–Trinajstić information content (AvgIpc) is 2.41. The highest BCUT2D eigenvalue weighted by Gasteiger charge is 2.47. The summed E-state index contributed by atoms with van der Waals surface area (Å²) in [5.74, 6) is -0.732. The zero-order valence-corrected chi connectivity index (χ0v) is 11.4. The molecule has 0 amide bonds. The molecule has 1 saturated heterocycles. The maximum atomic E-state index is 13.9. The molecule has 7 heteroatoms. The summed E-state index contributed by atoms with van der Waals surface area (Å²) in [7, 11) is 0. The molecular formula is C12H12BrF3N2O. The molecular weight excluding hydrogens is 325 g/mol. The van der Waals surface area contributed by atoms with Gasteiger partial charge in [-0.05, 0) is 18.2 Å². The van der Waals surface area contributed by atoms with E-state index >= 15 is 0 Å². The number of aldehydes is 1. The number of piperazine rings is 1. The molecule has 1 aliphatic rings. The number of carbonyl (C=O) groups excluding carboxylic acids is 1. The molecule has 3 nitrogen and oxygen atoms in total. The zero-order valence-electron chi connectivity index (χ0n) is 9.80. The first kappa shape index (κ1) is 14.5. The summed E-state index contributed by atoms with van der Waals surface area (Å²) in [5.41, 5.74) is -2.06. The molecule has 2 atom stereocenters. The second kappa shape index (κ2) is 5.60. The van der Waals surface area contributed by atoms with Crippen molar-refractivity contribution in [3.05, 3.63) is 34.1 Å². The summed E-state index contributed by atoms with van der Waals surface area (Å²) in [6.45, 7) is 0.0932. The predicted octanol–water partition coefficient (Wildman–Crippen LogP) is 1.81. The van der Waals surface area contributed by atoms with E-state index in [9.17, 15) is 18.0 Å². The Bertz CT molecular complexity index is 486. The average molecular weight is 337 g/mol. The molecule has 0 saturated carbocycles. The summed E-state index contributed by atoms with van der Waals surface area (Å²) in [6.07, 6.45) is -2.31. The van der Waals surface area contributed by atoms with Gasteiger partial charge in [0, 0.05) is 23.1 Å². The highest BCUT2D eigenvalue weighted by molar-refractivity contribution is 9.10. The van der Waals surface area contributed by atoms with Gasteiger partial charge in [-0.2, -0.15) is 0 Å². The van der Waals surface area contributed by atoms with Crippen molar-refractivity contribution in [1.29, 1.82) is 0 Å². The van der Waals surface area contributed by atoms with Gasteiger partial charge in [0.2, 0.25) is 0 Å². The maximum Gasteiger partial charge on any atom is 0.261 e. The summed E-state index contributed by atoms with van der Waals surface area (Å²) in [5, 5.41) is 5.31. The van der Waals surface area contributed by atoms with Crippen LogP contribution < -0.4 is 10.6 Å². The number of rotatable bonds is 3. The highest BCUT2D eigenvalue weighted by Crippen LogP contribution is 2.33. The number of nitrogens with one attached hydrogen (secondary N) is 2. The predicted molar refractivity (Wildman–Crippen MR) is 67.6 cm³/mol. The molecule has 0 bridgehead atoms. The Kier molecular flexibility index (Phi) is 4.27. The summed E-state index contributed by atoms with van der Waals surface area (Å²) in [4.78, 5) is 10.8. The molecule has 1 aromatic carbocycles. The Morgan fingerprint density at radius 2 is 2.21 bits per heavy atom. The Balaban J connectivity index is 2.49. The number of hydrogen-bond donors (Lipinski definition) is 2. The molecule has 0 aliphatic carbocycles. The van der Waals surface area contributed by atoms with Crippen molar-refractivity contribution in [3.8, 4) is 0 Å². The number of hydrogen-bond acceptors (Lipinski definition) is 3. The van der Waals surface area contributed by atoms with Crippen LogP contribution in [0, 0.1) is 5.82 Å². The van der Waals surface area contributed by atoms with Gasteiger partial charge in [-0.15, -0.1) is 0 Å². The van der Waals surface area contributed by atoms with E-state index in [1.807, 2.05) is 0 Å². The number of halogens is 4. The smallest absolute Gasteiger partial charge is 0.261 e. The monoisotopic (exact) mass is 336 g/mol. The zero-order chi connectivity index (χ0) is 14.0. The lowest BCUT2D eigenvalue weighted by Crippen LogP contribution is -2.65. The van der Waals surface area contributed by atoms with E-state index < -0.39 is 23.8 Å². The first-order valence-electron chi connectivity index (χ1n) is 5.67. The minimum absolute atomic E-state index is 0.150. The Labute approximate surface area is 116 Å². The van der Waals surface area contributed by atoms with Gasteiger partial charge in [0.1, 0.15) is 17.6 Å². The fraction of sp³-hybridized carbons (Fsp3) is 0.417. The minimum atomic E-state index is -2.86. The van der Waals surface area contributed by atoms with Gasteiger partial charge in [0.15, 0.2) is 0 Å². The molecule has 0 aromatic heterocycles. The Morgan fingerprint density at radius 3 is 2.84 bits per heavy atom. The normalized spacial score (nSPS) is 27.5. The minimum Gasteiger partial charge on any atom is -0.312 e. The molecule has 0 radical (unpaired) electrons. The molecule has 1 heterocycles. The number of alkyl halides is 2. The molecule has 1 fully saturated rings. The third kappa shape index (κ3) is 2.68. The molecule has 2 unspecified atom stereocenters. The van der Waals surface area contributed by atoms with E-state index in [0.717, 1.165) is 6.07 Å². The molecule has 1 aromatic rings. The molecule has 104 valence electrons. The number of carbonyl (C=O) groups is 1. The van der Waals surface area contributed by atoms with Gasteiger partial charge in [-0.1, -0.05) is 15.9 Å². The second-order valence-corrected chi connectivity index (χ2v) is 5.33. The molecule has 1 aliphatic heterocycles. The first-order valence-corrected chi connectivity index (χ1v) is 6.46. The first-order chi connectivity index (χ1) is 8.99. The molecule has 2 N–H and O–H groups in total. The van der Waals surface area contributed by atoms with Crippen molar-refractivity contribution in [2.45, 2.75) is 18.0 Å². The summed E-state index contributed by atoms with van der Waals surface area (Å²) in [6, 6.07) is 3.09. The Morgan fingerprint density at radius 1 is 1.47 bits per heavy atom. The van der Waals surface area contributed by atoms with Gasteiger partial charge in [-0.3, -0.25) is 5.32 Å². The topological polar surface area (TPSA) is 41.1 Å². The maximum absolute atomic E-state index is 13.9. The van der Waals surface area contributed by atoms with Crippen LogP contribution in [0.2, 0.25) is 0 Å². The number of benzene rings is 1. The van der Waals surface area contributed by atoms with Gasteiger partial charge in [0.05, 0.1) is 6.04 Å². The third-order valence-electron chi connectivity index (χ3n) is 3.16. The van der Waals surface area contributed by atoms with Crippen LogP contribution in [0.3, 0.4) is 0 Å². The Hall–Kier alpha value is -0.920. The summed E-state index contributed by atoms with van der Waals surface area (Å²) >= 11 is 3.14. The van der Waals surface area contributed by atoms with Crippen LogP contribution in [0.5, 0.6) is 0 Å². The fourth-order valence-corrected chi connectivity index (χ4v) is 2.57. The van der Waals surface area contributed by atoms with E-state index in [2.05, 4.69) is 26.6 Å². The SMILES string of the molecule is O=CC1CNCC(c2cc(Br)ccc2F)(C(F)F)N1. The van der Waals surface area contributed by atoms with Gasteiger partial charge in [0.25, 0.3) is 6.43 Å². The van der Waals surface area contributed by atoms with Crippen LogP contribution in [-0.4, -0.2) is 31.8 Å². The van der Waals surface area contributed by atoms with Crippen molar-refractivity contribution in [3.63, 3.8) is 0 Å². The third-order valence-corrected chi connectivity index (χ3v) is 3.65. The quantitative estimate of drug-likeness (QED) is 0.827.